The quantitative estimate of drug-likeness (QED) is 0.785. The van der Waals surface area contributed by atoms with Crippen molar-refractivity contribution in [3.05, 3.63) is 57.1 Å². The number of hydrogen-bond acceptors (Lipinski definition) is 2. The van der Waals surface area contributed by atoms with Crippen LogP contribution in [0.1, 0.15) is 22.3 Å². The zero-order valence-corrected chi connectivity index (χ0v) is 14.2. The van der Waals surface area contributed by atoms with Gasteiger partial charge in [0.1, 0.15) is 4.99 Å². The fourth-order valence-electron chi connectivity index (χ4n) is 2.20. The highest BCUT2D eigenvalue weighted by Gasteiger charge is 2.05. The lowest BCUT2D eigenvalue weighted by Crippen LogP contribution is -2.11. The number of hydrogen-bond donors (Lipinski definition) is 2. The first-order chi connectivity index (χ1) is 9.38. The maximum atomic E-state index is 5.68. The molecule has 0 aliphatic carbocycles. The van der Waals surface area contributed by atoms with Crippen LogP contribution in [0.2, 0.25) is 0 Å². The largest absolute Gasteiger partial charge is 0.389 e. The minimum atomic E-state index is 0.435. The van der Waals surface area contributed by atoms with E-state index in [4.69, 9.17) is 18.0 Å². The van der Waals surface area contributed by atoms with Gasteiger partial charge in [-0.05, 0) is 67.8 Å². The Morgan fingerprint density at radius 3 is 2.05 bits per heavy atom. The molecule has 0 amide bonds. The van der Waals surface area contributed by atoms with Crippen molar-refractivity contribution >= 4 is 44.5 Å². The molecular weight excluding hydrogens is 332 g/mol. The number of anilines is 2. The maximum Gasteiger partial charge on any atom is 0.104 e. The van der Waals surface area contributed by atoms with Crippen LogP contribution in [0.5, 0.6) is 0 Å². The van der Waals surface area contributed by atoms with Crippen LogP contribution in [0.4, 0.5) is 11.4 Å². The molecule has 4 heteroatoms. The fourth-order valence-corrected chi connectivity index (χ4v) is 2.66. The molecule has 2 aromatic rings. The number of halogens is 1. The van der Waals surface area contributed by atoms with Crippen LogP contribution >= 0.6 is 28.1 Å². The average molecular weight is 349 g/mol. The summed E-state index contributed by atoms with van der Waals surface area (Å²) in [4.78, 5) is 0.435. The van der Waals surface area contributed by atoms with Gasteiger partial charge in [-0.2, -0.15) is 0 Å². The van der Waals surface area contributed by atoms with E-state index in [9.17, 15) is 0 Å². The molecule has 0 aromatic heterocycles. The van der Waals surface area contributed by atoms with Gasteiger partial charge in [0.25, 0.3) is 0 Å². The molecular formula is C16H17BrN2S. The van der Waals surface area contributed by atoms with E-state index in [0.29, 0.717) is 4.99 Å². The molecule has 3 N–H and O–H groups in total. The van der Waals surface area contributed by atoms with Gasteiger partial charge in [-0.15, -0.1) is 0 Å². The second-order valence-corrected chi connectivity index (χ2v) is 6.18. The molecule has 0 unspecified atom stereocenters. The lowest BCUT2D eigenvalue weighted by atomic mass is 10.1. The SMILES string of the molecule is Cc1cc(Nc2cc(C)c(Br)c(C)c2)ccc1C(N)=S. The molecule has 104 valence electrons. The first-order valence-corrected chi connectivity index (χ1v) is 7.53. The Hall–Kier alpha value is -1.39. The molecule has 2 nitrogen and oxygen atoms in total. The monoisotopic (exact) mass is 348 g/mol. The molecule has 0 aliphatic rings. The fraction of sp³-hybridized carbons (Fsp3) is 0.188. The molecule has 0 saturated heterocycles. The number of rotatable bonds is 3. The van der Waals surface area contributed by atoms with Crippen LogP contribution in [0, 0.1) is 20.8 Å². The van der Waals surface area contributed by atoms with Crippen molar-refractivity contribution in [2.75, 3.05) is 5.32 Å². The minimum Gasteiger partial charge on any atom is -0.389 e. The molecule has 2 rings (SSSR count). The first kappa shape index (κ1) is 15.0. The van der Waals surface area contributed by atoms with Crippen LogP contribution in [-0.2, 0) is 0 Å². The average Bonchev–Trinajstić information content (AvgIpc) is 2.35. The molecule has 0 aliphatic heterocycles. The molecule has 20 heavy (non-hydrogen) atoms. The Morgan fingerprint density at radius 1 is 1.00 bits per heavy atom. The van der Waals surface area contributed by atoms with Crippen molar-refractivity contribution in [2.24, 2.45) is 5.73 Å². The van der Waals surface area contributed by atoms with Gasteiger partial charge in [0.05, 0.1) is 0 Å². The Balaban J connectivity index is 2.31. The third kappa shape index (κ3) is 3.19. The zero-order valence-electron chi connectivity index (χ0n) is 11.8. The van der Waals surface area contributed by atoms with Crippen molar-refractivity contribution in [2.45, 2.75) is 20.8 Å². The van der Waals surface area contributed by atoms with E-state index in [1.807, 2.05) is 19.1 Å². The highest BCUT2D eigenvalue weighted by molar-refractivity contribution is 9.10. The lowest BCUT2D eigenvalue weighted by Gasteiger charge is -2.12. The third-order valence-electron chi connectivity index (χ3n) is 3.22. The molecule has 0 atom stereocenters. The van der Waals surface area contributed by atoms with E-state index in [1.54, 1.807) is 0 Å². The van der Waals surface area contributed by atoms with Crippen LogP contribution < -0.4 is 11.1 Å². The standard InChI is InChI=1S/C16H17BrN2S/c1-9-6-12(4-5-14(9)16(18)20)19-13-7-10(2)15(17)11(3)8-13/h4-8,19H,1-3H3,(H2,18,20). The summed E-state index contributed by atoms with van der Waals surface area (Å²) in [5.74, 6) is 0. The number of benzene rings is 2. The van der Waals surface area contributed by atoms with E-state index < -0.39 is 0 Å². The predicted octanol–water partition coefficient (Wildman–Crippen LogP) is 4.75. The third-order valence-corrected chi connectivity index (χ3v) is 4.69. The van der Waals surface area contributed by atoms with Crippen LogP contribution in [-0.4, -0.2) is 4.99 Å². The van der Waals surface area contributed by atoms with E-state index in [-0.39, 0.29) is 0 Å². The Morgan fingerprint density at radius 2 is 1.55 bits per heavy atom. The van der Waals surface area contributed by atoms with Gasteiger partial charge in [-0.25, -0.2) is 0 Å². The normalized spacial score (nSPS) is 10.4. The summed E-state index contributed by atoms with van der Waals surface area (Å²) in [6.45, 7) is 6.19. The summed E-state index contributed by atoms with van der Waals surface area (Å²) in [5, 5.41) is 3.41. The molecule has 0 bridgehead atoms. The van der Waals surface area contributed by atoms with Crippen molar-refractivity contribution in [3.63, 3.8) is 0 Å². The summed E-state index contributed by atoms with van der Waals surface area (Å²) in [7, 11) is 0. The van der Waals surface area contributed by atoms with Gasteiger partial charge >= 0.3 is 0 Å². The van der Waals surface area contributed by atoms with E-state index in [1.165, 1.54) is 11.1 Å². The second-order valence-electron chi connectivity index (χ2n) is 4.94. The molecule has 0 heterocycles. The molecule has 0 saturated carbocycles. The lowest BCUT2D eigenvalue weighted by molar-refractivity contribution is 1.33. The Labute approximate surface area is 133 Å². The summed E-state index contributed by atoms with van der Waals surface area (Å²) in [6.07, 6.45) is 0. The van der Waals surface area contributed by atoms with E-state index >= 15 is 0 Å². The van der Waals surface area contributed by atoms with Crippen LogP contribution in [0.25, 0.3) is 0 Å². The summed E-state index contributed by atoms with van der Waals surface area (Å²) in [6, 6.07) is 10.2. The smallest absolute Gasteiger partial charge is 0.104 e. The van der Waals surface area contributed by atoms with Crippen molar-refractivity contribution in [3.8, 4) is 0 Å². The van der Waals surface area contributed by atoms with Crippen LogP contribution in [0.15, 0.2) is 34.8 Å². The zero-order chi connectivity index (χ0) is 14.9. The topological polar surface area (TPSA) is 38.0 Å². The first-order valence-electron chi connectivity index (χ1n) is 6.32. The van der Waals surface area contributed by atoms with Crippen LogP contribution in [0.3, 0.4) is 0 Å². The number of nitrogens with one attached hydrogen (secondary N) is 1. The van der Waals surface area contributed by atoms with Crippen molar-refractivity contribution in [1.82, 2.24) is 0 Å². The van der Waals surface area contributed by atoms with Crippen molar-refractivity contribution < 1.29 is 0 Å². The molecule has 0 radical (unpaired) electrons. The molecule has 2 aromatic carbocycles. The molecule has 0 spiro atoms. The number of thiocarbonyl (C=S) groups is 1. The Kier molecular flexibility index (Phi) is 4.45. The second kappa shape index (κ2) is 5.94. The van der Waals surface area contributed by atoms with Gasteiger partial charge in [0, 0.05) is 21.4 Å². The Bertz CT molecular complexity index is 657. The van der Waals surface area contributed by atoms with Gasteiger partial charge in [-0.3, -0.25) is 0 Å². The summed E-state index contributed by atoms with van der Waals surface area (Å²) in [5.41, 5.74) is 12.2. The van der Waals surface area contributed by atoms with Gasteiger partial charge in [0.15, 0.2) is 0 Å². The number of nitrogens with two attached hydrogens (primary N) is 1. The van der Waals surface area contributed by atoms with Gasteiger partial charge in [0.2, 0.25) is 0 Å². The highest BCUT2D eigenvalue weighted by atomic mass is 79.9. The van der Waals surface area contributed by atoms with E-state index in [0.717, 1.165) is 27.0 Å². The minimum absolute atomic E-state index is 0.435. The summed E-state index contributed by atoms with van der Waals surface area (Å²) < 4.78 is 1.16. The maximum absolute atomic E-state index is 5.68. The van der Waals surface area contributed by atoms with Gasteiger partial charge < -0.3 is 11.1 Å². The van der Waals surface area contributed by atoms with Gasteiger partial charge in [-0.1, -0.05) is 28.1 Å². The number of aryl methyl sites for hydroxylation is 3. The molecule has 0 fully saturated rings. The van der Waals surface area contributed by atoms with Crippen molar-refractivity contribution in [1.29, 1.82) is 0 Å². The summed E-state index contributed by atoms with van der Waals surface area (Å²) >= 11 is 8.60. The highest BCUT2D eigenvalue weighted by Crippen LogP contribution is 2.27. The predicted molar refractivity (Wildman–Crippen MR) is 94.0 cm³/mol. The van der Waals surface area contributed by atoms with E-state index in [2.05, 4.69) is 53.3 Å².